The standard InChI is InChI=1S/C19H22N2O3S/c1-14-13-16-9-7-8-12-18(16)20(14)19(22)15(2)21(25(3,23)24)17-10-5-4-6-11-17/h4-12,14-15H,13H2,1-3H3/t14-,15-/m0/s1. The number of rotatable bonds is 4. The maximum absolute atomic E-state index is 13.2. The van der Waals surface area contributed by atoms with Crippen LogP contribution in [0.1, 0.15) is 19.4 Å². The van der Waals surface area contributed by atoms with Gasteiger partial charge in [0.05, 0.1) is 11.9 Å². The van der Waals surface area contributed by atoms with E-state index < -0.39 is 16.1 Å². The summed E-state index contributed by atoms with van der Waals surface area (Å²) in [4.78, 5) is 14.9. The molecule has 0 bridgehead atoms. The zero-order valence-electron chi connectivity index (χ0n) is 14.6. The molecule has 5 nitrogen and oxygen atoms in total. The maximum Gasteiger partial charge on any atom is 0.250 e. The first-order chi connectivity index (χ1) is 11.8. The van der Waals surface area contributed by atoms with E-state index in [1.54, 1.807) is 36.1 Å². The van der Waals surface area contributed by atoms with Gasteiger partial charge >= 0.3 is 0 Å². The van der Waals surface area contributed by atoms with Gasteiger partial charge in [0, 0.05) is 11.7 Å². The van der Waals surface area contributed by atoms with Crippen LogP contribution < -0.4 is 9.21 Å². The van der Waals surface area contributed by atoms with Gasteiger partial charge < -0.3 is 4.90 Å². The molecule has 0 saturated heterocycles. The van der Waals surface area contributed by atoms with Crippen LogP contribution in [0, 0.1) is 0 Å². The second kappa shape index (κ2) is 6.52. The van der Waals surface area contributed by atoms with Crippen LogP contribution in [0.15, 0.2) is 54.6 Å². The van der Waals surface area contributed by atoms with Gasteiger partial charge in [-0.25, -0.2) is 8.42 Å². The number of anilines is 2. The van der Waals surface area contributed by atoms with E-state index in [1.165, 1.54) is 4.31 Å². The molecular formula is C19H22N2O3S. The first-order valence-corrected chi connectivity index (χ1v) is 10.1. The Labute approximate surface area is 148 Å². The molecule has 2 aromatic carbocycles. The second-order valence-corrected chi connectivity index (χ2v) is 8.32. The summed E-state index contributed by atoms with van der Waals surface area (Å²) in [6, 6.07) is 15.7. The SMILES string of the molecule is C[C@H]1Cc2ccccc2N1C(=O)[C@H](C)N(c1ccccc1)S(C)(=O)=O. The Morgan fingerprint density at radius 1 is 1.12 bits per heavy atom. The average Bonchev–Trinajstić information content (AvgIpc) is 2.89. The number of carbonyl (C=O) groups is 1. The molecule has 0 spiro atoms. The number of hydrogen-bond donors (Lipinski definition) is 0. The number of sulfonamides is 1. The van der Waals surface area contributed by atoms with Crippen molar-refractivity contribution in [2.45, 2.75) is 32.4 Å². The minimum atomic E-state index is -3.60. The molecule has 3 rings (SSSR count). The Morgan fingerprint density at radius 3 is 2.36 bits per heavy atom. The van der Waals surface area contributed by atoms with Crippen LogP contribution in [0.4, 0.5) is 11.4 Å². The molecule has 1 aliphatic heterocycles. The van der Waals surface area contributed by atoms with Crippen LogP contribution in [0.2, 0.25) is 0 Å². The summed E-state index contributed by atoms with van der Waals surface area (Å²) >= 11 is 0. The highest BCUT2D eigenvalue weighted by atomic mass is 32.2. The number of hydrogen-bond acceptors (Lipinski definition) is 3. The van der Waals surface area contributed by atoms with Crippen molar-refractivity contribution in [2.24, 2.45) is 0 Å². The van der Waals surface area contributed by atoms with Crippen LogP contribution in [0.25, 0.3) is 0 Å². The van der Waals surface area contributed by atoms with Crippen molar-refractivity contribution in [3.05, 3.63) is 60.2 Å². The van der Waals surface area contributed by atoms with E-state index in [-0.39, 0.29) is 11.9 Å². The summed E-state index contributed by atoms with van der Waals surface area (Å²) in [6.45, 7) is 3.63. The van der Waals surface area contributed by atoms with Crippen molar-refractivity contribution in [1.29, 1.82) is 0 Å². The Morgan fingerprint density at radius 2 is 1.72 bits per heavy atom. The molecule has 1 heterocycles. The molecule has 1 amide bonds. The van der Waals surface area contributed by atoms with E-state index in [1.807, 2.05) is 37.3 Å². The summed E-state index contributed by atoms with van der Waals surface area (Å²) in [7, 11) is -3.60. The number of fused-ring (bicyclic) bond motifs is 1. The highest BCUT2D eigenvalue weighted by Gasteiger charge is 2.37. The molecule has 0 aliphatic carbocycles. The molecule has 2 aromatic rings. The minimum Gasteiger partial charge on any atom is -0.307 e. The second-order valence-electron chi connectivity index (χ2n) is 6.46. The molecule has 1 aliphatic rings. The van der Waals surface area contributed by atoms with E-state index in [9.17, 15) is 13.2 Å². The van der Waals surface area contributed by atoms with Gasteiger partial charge in [0.1, 0.15) is 6.04 Å². The number of amides is 1. The summed E-state index contributed by atoms with van der Waals surface area (Å²) < 4.78 is 25.9. The topological polar surface area (TPSA) is 57.7 Å². The van der Waals surface area contributed by atoms with Crippen LogP contribution >= 0.6 is 0 Å². The van der Waals surface area contributed by atoms with Crippen LogP contribution in [0.3, 0.4) is 0 Å². The van der Waals surface area contributed by atoms with Crippen molar-refractivity contribution in [2.75, 3.05) is 15.5 Å². The molecular weight excluding hydrogens is 336 g/mol. The van der Waals surface area contributed by atoms with Gasteiger partial charge in [-0.1, -0.05) is 36.4 Å². The fourth-order valence-corrected chi connectivity index (χ4v) is 4.65. The lowest BCUT2D eigenvalue weighted by atomic mass is 10.1. The molecule has 0 N–H and O–H groups in total. The van der Waals surface area contributed by atoms with Gasteiger partial charge in [0.25, 0.3) is 5.91 Å². The summed E-state index contributed by atoms with van der Waals surface area (Å²) in [5.41, 5.74) is 2.47. The van der Waals surface area contributed by atoms with Gasteiger partial charge in [0.15, 0.2) is 0 Å². The molecule has 6 heteroatoms. The first kappa shape index (κ1) is 17.5. The van der Waals surface area contributed by atoms with E-state index >= 15 is 0 Å². The Hall–Kier alpha value is -2.34. The lowest BCUT2D eigenvalue weighted by Crippen LogP contribution is -2.51. The van der Waals surface area contributed by atoms with E-state index in [0.29, 0.717) is 5.69 Å². The summed E-state index contributed by atoms with van der Waals surface area (Å²) in [5.74, 6) is -0.216. The Kier molecular flexibility index (Phi) is 4.56. The zero-order valence-corrected chi connectivity index (χ0v) is 15.4. The molecule has 2 atom stereocenters. The van der Waals surface area contributed by atoms with Crippen molar-refractivity contribution in [1.82, 2.24) is 0 Å². The quantitative estimate of drug-likeness (QED) is 0.844. The average molecular weight is 358 g/mol. The number of para-hydroxylation sites is 2. The normalized spacial score (nSPS) is 17.9. The van der Waals surface area contributed by atoms with Gasteiger partial charge in [-0.05, 0) is 44.0 Å². The smallest absolute Gasteiger partial charge is 0.250 e. The van der Waals surface area contributed by atoms with Crippen molar-refractivity contribution in [3.8, 4) is 0 Å². The van der Waals surface area contributed by atoms with Gasteiger partial charge in [-0.15, -0.1) is 0 Å². The highest BCUT2D eigenvalue weighted by molar-refractivity contribution is 7.92. The lowest BCUT2D eigenvalue weighted by Gasteiger charge is -2.33. The van der Waals surface area contributed by atoms with Crippen molar-refractivity contribution in [3.63, 3.8) is 0 Å². The predicted octanol–water partition coefficient (Wildman–Crippen LogP) is 2.82. The van der Waals surface area contributed by atoms with E-state index in [0.717, 1.165) is 23.9 Å². The molecule has 0 aromatic heterocycles. The first-order valence-electron chi connectivity index (χ1n) is 8.26. The van der Waals surface area contributed by atoms with E-state index in [4.69, 9.17) is 0 Å². The fourth-order valence-electron chi connectivity index (χ4n) is 3.48. The van der Waals surface area contributed by atoms with Crippen LogP contribution in [-0.2, 0) is 21.2 Å². The third kappa shape index (κ3) is 3.26. The van der Waals surface area contributed by atoms with E-state index in [2.05, 4.69) is 0 Å². The molecule has 0 radical (unpaired) electrons. The molecule has 0 saturated carbocycles. The molecule has 132 valence electrons. The van der Waals surface area contributed by atoms with Gasteiger partial charge in [0.2, 0.25) is 10.0 Å². The monoisotopic (exact) mass is 358 g/mol. The van der Waals surface area contributed by atoms with Gasteiger partial charge in [-0.2, -0.15) is 0 Å². The third-order valence-corrected chi connectivity index (χ3v) is 5.76. The fraction of sp³-hybridized carbons (Fsp3) is 0.316. The predicted molar refractivity (Wildman–Crippen MR) is 100 cm³/mol. The number of carbonyl (C=O) groups excluding carboxylic acids is 1. The molecule has 0 fully saturated rings. The zero-order chi connectivity index (χ0) is 18.2. The van der Waals surface area contributed by atoms with Crippen molar-refractivity contribution >= 4 is 27.3 Å². The minimum absolute atomic E-state index is 0.00420. The van der Waals surface area contributed by atoms with Gasteiger partial charge in [-0.3, -0.25) is 9.10 Å². The Bertz CT molecular complexity index is 881. The Balaban J connectivity index is 1.98. The summed E-state index contributed by atoms with van der Waals surface area (Å²) in [6.07, 6.45) is 1.91. The summed E-state index contributed by atoms with van der Waals surface area (Å²) in [5, 5.41) is 0. The maximum atomic E-state index is 13.2. The highest BCUT2D eigenvalue weighted by Crippen LogP contribution is 2.33. The largest absolute Gasteiger partial charge is 0.307 e. The third-order valence-electron chi connectivity index (χ3n) is 4.52. The lowest BCUT2D eigenvalue weighted by molar-refractivity contribution is -0.119. The number of nitrogens with zero attached hydrogens (tertiary/aromatic N) is 2. The molecule has 25 heavy (non-hydrogen) atoms. The van der Waals surface area contributed by atoms with Crippen LogP contribution in [0.5, 0.6) is 0 Å². The number of benzene rings is 2. The molecule has 0 unspecified atom stereocenters. The van der Waals surface area contributed by atoms with Crippen LogP contribution in [-0.4, -0.2) is 32.7 Å². The van der Waals surface area contributed by atoms with Crippen molar-refractivity contribution < 1.29 is 13.2 Å².